The van der Waals surface area contributed by atoms with Gasteiger partial charge in [-0.25, -0.2) is 14.6 Å². The number of carbonyl (C=O) groups is 5. The SMILES string of the molecule is CCOC(=O)c1cc(CC)sc1NC(=O)COC(=O)c1ccc(N2NC(=O)CCC2=O)cc1. The highest BCUT2D eigenvalue weighted by molar-refractivity contribution is 7.16. The average Bonchev–Trinajstić information content (AvgIpc) is 3.22. The van der Waals surface area contributed by atoms with Crippen molar-refractivity contribution in [3.63, 3.8) is 0 Å². The molecule has 0 saturated carbocycles. The predicted molar refractivity (Wildman–Crippen MR) is 120 cm³/mol. The lowest BCUT2D eigenvalue weighted by Crippen LogP contribution is -2.50. The third-order valence-corrected chi connectivity index (χ3v) is 5.82. The highest BCUT2D eigenvalue weighted by Gasteiger charge is 2.24. The van der Waals surface area contributed by atoms with Gasteiger partial charge in [0.05, 0.1) is 23.4 Å². The molecule has 0 aliphatic carbocycles. The van der Waals surface area contributed by atoms with Gasteiger partial charge < -0.3 is 14.8 Å². The number of ether oxygens (including phenoxy) is 2. The van der Waals surface area contributed by atoms with E-state index in [2.05, 4.69) is 10.7 Å². The van der Waals surface area contributed by atoms with Crippen molar-refractivity contribution >= 4 is 51.7 Å². The van der Waals surface area contributed by atoms with Gasteiger partial charge >= 0.3 is 11.9 Å². The van der Waals surface area contributed by atoms with E-state index in [1.807, 2.05) is 6.92 Å². The third kappa shape index (κ3) is 5.95. The minimum atomic E-state index is -0.739. The van der Waals surface area contributed by atoms with E-state index in [0.717, 1.165) is 9.89 Å². The fraction of sp³-hybridized carbons (Fsp3) is 0.318. The van der Waals surface area contributed by atoms with Crippen molar-refractivity contribution in [3.8, 4) is 0 Å². The summed E-state index contributed by atoms with van der Waals surface area (Å²) in [4.78, 5) is 61.1. The smallest absolute Gasteiger partial charge is 0.341 e. The number of hydrogen-bond acceptors (Lipinski definition) is 8. The number of thiophene rings is 1. The van der Waals surface area contributed by atoms with Crippen molar-refractivity contribution in [1.29, 1.82) is 0 Å². The Morgan fingerprint density at radius 2 is 1.79 bits per heavy atom. The number of anilines is 2. The number of nitrogens with one attached hydrogen (secondary N) is 2. The van der Waals surface area contributed by atoms with Crippen LogP contribution in [0.5, 0.6) is 0 Å². The molecule has 2 N–H and O–H groups in total. The largest absolute Gasteiger partial charge is 0.462 e. The maximum Gasteiger partial charge on any atom is 0.341 e. The van der Waals surface area contributed by atoms with Crippen LogP contribution in [-0.2, 0) is 30.3 Å². The highest BCUT2D eigenvalue weighted by Crippen LogP contribution is 2.29. The summed E-state index contributed by atoms with van der Waals surface area (Å²) in [6.45, 7) is 3.27. The molecule has 3 rings (SSSR count). The van der Waals surface area contributed by atoms with Gasteiger partial charge in [-0.05, 0) is 43.7 Å². The van der Waals surface area contributed by atoms with Gasteiger partial charge in [0.25, 0.3) is 5.91 Å². The molecule has 0 spiro atoms. The predicted octanol–water partition coefficient (Wildman–Crippen LogP) is 2.44. The molecule has 1 fully saturated rings. The van der Waals surface area contributed by atoms with Gasteiger partial charge in [-0.15, -0.1) is 11.3 Å². The van der Waals surface area contributed by atoms with Gasteiger partial charge in [0.15, 0.2) is 6.61 Å². The fourth-order valence-electron chi connectivity index (χ4n) is 2.98. The fourth-order valence-corrected chi connectivity index (χ4v) is 3.98. The first kappa shape index (κ1) is 23.9. The zero-order valence-electron chi connectivity index (χ0n) is 18.1. The zero-order valence-corrected chi connectivity index (χ0v) is 19.0. The lowest BCUT2D eigenvalue weighted by molar-refractivity contribution is -0.130. The molecule has 1 aromatic carbocycles. The Labute approximate surface area is 193 Å². The molecule has 33 heavy (non-hydrogen) atoms. The van der Waals surface area contributed by atoms with Crippen LogP contribution in [0.25, 0.3) is 0 Å². The second kappa shape index (κ2) is 10.7. The van der Waals surface area contributed by atoms with Crippen LogP contribution in [0.1, 0.15) is 52.3 Å². The number of esters is 2. The second-order valence-electron chi connectivity index (χ2n) is 6.96. The van der Waals surface area contributed by atoms with Gasteiger partial charge in [-0.2, -0.15) is 0 Å². The molecule has 2 heterocycles. The van der Waals surface area contributed by atoms with Gasteiger partial charge in [-0.3, -0.25) is 19.8 Å². The number of carbonyl (C=O) groups excluding carboxylic acids is 5. The van der Waals surface area contributed by atoms with Crippen LogP contribution < -0.4 is 15.8 Å². The maximum absolute atomic E-state index is 12.3. The van der Waals surface area contributed by atoms with Gasteiger partial charge in [0.2, 0.25) is 11.8 Å². The first-order chi connectivity index (χ1) is 15.8. The molecule has 174 valence electrons. The lowest BCUT2D eigenvalue weighted by atomic mass is 10.2. The van der Waals surface area contributed by atoms with E-state index in [4.69, 9.17) is 9.47 Å². The summed E-state index contributed by atoms with van der Waals surface area (Å²) in [6.07, 6.45) is 0.922. The monoisotopic (exact) mass is 473 g/mol. The number of amides is 3. The second-order valence-corrected chi connectivity index (χ2v) is 8.10. The average molecular weight is 474 g/mol. The molecule has 1 aliphatic rings. The van der Waals surface area contributed by atoms with E-state index in [9.17, 15) is 24.0 Å². The summed E-state index contributed by atoms with van der Waals surface area (Å²) < 4.78 is 10.1. The molecule has 11 heteroatoms. The highest BCUT2D eigenvalue weighted by atomic mass is 32.1. The molecule has 0 bridgehead atoms. The zero-order chi connectivity index (χ0) is 24.0. The van der Waals surface area contributed by atoms with Crippen molar-refractivity contribution in [3.05, 3.63) is 46.3 Å². The maximum atomic E-state index is 12.3. The van der Waals surface area contributed by atoms with E-state index in [0.29, 0.717) is 17.1 Å². The Morgan fingerprint density at radius 1 is 1.06 bits per heavy atom. The van der Waals surface area contributed by atoms with Crippen molar-refractivity contribution in [2.75, 3.05) is 23.5 Å². The quantitative estimate of drug-likeness (QED) is 0.563. The van der Waals surface area contributed by atoms with Crippen LogP contribution in [-0.4, -0.2) is 42.9 Å². The number of hydrazine groups is 1. The molecule has 0 radical (unpaired) electrons. The van der Waals surface area contributed by atoms with Gasteiger partial charge in [0.1, 0.15) is 5.00 Å². The molecule has 1 aromatic heterocycles. The van der Waals surface area contributed by atoms with Crippen LogP contribution in [0, 0.1) is 0 Å². The Morgan fingerprint density at radius 3 is 2.45 bits per heavy atom. The Kier molecular flexibility index (Phi) is 7.78. The summed E-state index contributed by atoms with van der Waals surface area (Å²) in [7, 11) is 0. The molecule has 3 amide bonds. The van der Waals surface area contributed by atoms with E-state index in [1.165, 1.54) is 35.6 Å². The Balaban J connectivity index is 1.58. The molecule has 0 unspecified atom stereocenters. The molecular weight excluding hydrogens is 450 g/mol. The number of rotatable bonds is 8. The number of nitrogens with zero attached hydrogens (tertiary/aromatic N) is 1. The normalized spacial score (nSPS) is 13.3. The Bertz CT molecular complexity index is 1080. The van der Waals surface area contributed by atoms with E-state index in [1.54, 1.807) is 13.0 Å². The molecular formula is C22H23N3O7S. The van der Waals surface area contributed by atoms with Crippen molar-refractivity contribution in [2.24, 2.45) is 0 Å². The van der Waals surface area contributed by atoms with Crippen LogP contribution in [0.3, 0.4) is 0 Å². The van der Waals surface area contributed by atoms with E-state index < -0.39 is 24.5 Å². The first-order valence-electron chi connectivity index (χ1n) is 10.3. The van der Waals surface area contributed by atoms with Gasteiger partial charge in [0, 0.05) is 17.7 Å². The molecule has 2 aromatic rings. The van der Waals surface area contributed by atoms with Crippen LogP contribution in [0.4, 0.5) is 10.7 Å². The standard InChI is InChI=1S/C22H23N3O7S/c1-3-15-11-16(22(30)31-4-2)20(33-15)23-18(27)12-32-21(29)13-5-7-14(8-6-13)25-19(28)10-9-17(26)24-25/h5-8,11H,3-4,9-10,12H2,1-2H3,(H,23,27)(H,24,26). The summed E-state index contributed by atoms with van der Waals surface area (Å²) in [6, 6.07) is 7.50. The van der Waals surface area contributed by atoms with Crippen molar-refractivity contribution < 1.29 is 33.4 Å². The Hall–Kier alpha value is -3.73. The van der Waals surface area contributed by atoms with E-state index >= 15 is 0 Å². The minimum Gasteiger partial charge on any atom is -0.462 e. The molecule has 10 nitrogen and oxygen atoms in total. The third-order valence-electron chi connectivity index (χ3n) is 4.63. The first-order valence-corrected chi connectivity index (χ1v) is 11.1. The summed E-state index contributed by atoms with van der Waals surface area (Å²) in [5.74, 6) is -2.41. The van der Waals surface area contributed by atoms with Crippen LogP contribution in [0.15, 0.2) is 30.3 Å². The van der Waals surface area contributed by atoms with Crippen LogP contribution >= 0.6 is 11.3 Å². The lowest BCUT2D eigenvalue weighted by Gasteiger charge is -2.27. The van der Waals surface area contributed by atoms with Crippen molar-refractivity contribution in [1.82, 2.24) is 5.43 Å². The molecule has 1 saturated heterocycles. The molecule has 1 aliphatic heterocycles. The topological polar surface area (TPSA) is 131 Å². The minimum absolute atomic E-state index is 0.104. The van der Waals surface area contributed by atoms with Crippen molar-refractivity contribution in [2.45, 2.75) is 33.1 Å². The number of hydrogen-bond donors (Lipinski definition) is 2. The van der Waals surface area contributed by atoms with Gasteiger partial charge in [-0.1, -0.05) is 6.92 Å². The number of benzene rings is 1. The molecule has 0 atom stereocenters. The van der Waals surface area contributed by atoms with Crippen LogP contribution in [0.2, 0.25) is 0 Å². The number of aryl methyl sites for hydroxylation is 1. The summed E-state index contributed by atoms with van der Waals surface area (Å²) in [5.41, 5.74) is 3.29. The summed E-state index contributed by atoms with van der Waals surface area (Å²) >= 11 is 1.25. The van der Waals surface area contributed by atoms with E-state index in [-0.39, 0.29) is 42.4 Å². The summed E-state index contributed by atoms with van der Waals surface area (Å²) in [5, 5.41) is 4.05.